The van der Waals surface area contributed by atoms with Crippen LogP contribution in [0.25, 0.3) is 0 Å². The normalized spacial score (nSPS) is 11.6. The highest BCUT2D eigenvalue weighted by Gasteiger charge is 2.25. The van der Waals surface area contributed by atoms with Gasteiger partial charge in [0.05, 0.1) is 0 Å². The van der Waals surface area contributed by atoms with E-state index in [4.69, 9.17) is 0 Å². The first-order valence-corrected chi connectivity index (χ1v) is 5.06. The van der Waals surface area contributed by atoms with Crippen LogP contribution in [0.1, 0.15) is 39.2 Å². The molecular formula is C12H18O2. The summed E-state index contributed by atoms with van der Waals surface area (Å²) in [5.41, 5.74) is 0.783. The van der Waals surface area contributed by atoms with Crippen molar-refractivity contribution in [3.63, 3.8) is 0 Å². The van der Waals surface area contributed by atoms with E-state index in [1.54, 1.807) is 12.1 Å². The lowest BCUT2D eigenvalue weighted by atomic mass is 9.77. The Morgan fingerprint density at radius 2 is 1.71 bits per heavy atom. The molecule has 0 saturated carbocycles. The van der Waals surface area contributed by atoms with Crippen LogP contribution < -0.4 is 0 Å². The first-order chi connectivity index (χ1) is 6.53. The van der Waals surface area contributed by atoms with Crippen molar-refractivity contribution in [2.75, 3.05) is 0 Å². The molecule has 0 aromatic heterocycles. The quantitative estimate of drug-likeness (QED) is 0.725. The van der Waals surface area contributed by atoms with E-state index >= 15 is 0 Å². The molecule has 0 radical (unpaired) electrons. The predicted molar refractivity (Wildman–Crippen MR) is 57.7 cm³/mol. The molecule has 2 nitrogen and oxygen atoms in total. The number of aromatic hydroxyl groups is 2. The van der Waals surface area contributed by atoms with Crippen LogP contribution >= 0.6 is 0 Å². The number of phenols is 2. The van der Waals surface area contributed by atoms with E-state index in [1.807, 2.05) is 0 Å². The first kappa shape index (κ1) is 10.9. The number of benzene rings is 1. The van der Waals surface area contributed by atoms with Gasteiger partial charge in [0.25, 0.3) is 0 Å². The van der Waals surface area contributed by atoms with Crippen LogP contribution in [0, 0.1) is 0 Å². The summed E-state index contributed by atoms with van der Waals surface area (Å²) < 4.78 is 0. The van der Waals surface area contributed by atoms with Crippen molar-refractivity contribution in [1.82, 2.24) is 0 Å². The van der Waals surface area contributed by atoms with Crippen molar-refractivity contribution < 1.29 is 10.2 Å². The fraction of sp³-hybridized carbons (Fsp3) is 0.500. The van der Waals surface area contributed by atoms with Gasteiger partial charge in [-0.2, -0.15) is 0 Å². The molecule has 0 atom stereocenters. The standard InChI is InChI=1S/C12H18O2/c1-4-12(3,5-2)10-8-9(13)6-7-11(10)14/h6-8,13-14H,4-5H2,1-3H3. The van der Waals surface area contributed by atoms with Crippen molar-refractivity contribution in [3.8, 4) is 11.5 Å². The molecule has 0 aliphatic carbocycles. The van der Waals surface area contributed by atoms with Gasteiger partial charge < -0.3 is 10.2 Å². The molecule has 0 fully saturated rings. The van der Waals surface area contributed by atoms with E-state index in [2.05, 4.69) is 20.8 Å². The van der Waals surface area contributed by atoms with E-state index < -0.39 is 0 Å². The van der Waals surface area contributed by atoms with Gasteiger partial charge in [0.2, 0.25) is 0 Å². The highest BCUT2D eigenvalue weighted by atomic mass is 16.3. The zero-order valence-electron chi connectivity index (χ0n) is 9.04. The molecule has 0 spiro atoms. The summed E-state index contributed by atoms with van der Waals surface area (Å²) in [5.74, 6) is 0.486. The highest BCUT2D eigenvalue weighted by Crippen LogP contribution is 2.38. The van der Waals surface area contributed by atoms with Crippen LogP contribution in [-0.4, -0.2) is 10.2 Å². The Labute approximate surface area is 85.2 Å². The van der Waals surface area contributed by atoms with Gasteiger partial charge in [0, 0.05) is 5.56 Å². The fourth-order valence-electron chi connectivity index (χ4n) is 1.64. The van der Waals surface area contributed by atoms with Crippen LogP contribution in [0.2, 0.25) is 0 Å². The van der Waals surface area contributed by atoms with Gasteiger partial charge >= 0.3 is 0 Å². The Hall–Kier alpha value is -1.18. The topological polar surface area (TPSA) is 40.5 Å². The minimum Gasteiger partial charge on any atom is -0.508 e. The number of phenolic OH excluding ortho intramolecular Hbond substituents is 2. The molecule has 0 aliphatic heterocycles. The smallest absolute Gasteiger partial charge is 0.119 e. The Morgan fingerprint density at radius 1 is 1.14 bits per heavy atom. The molecule has 78 valence electrons. The second-order valence-corrected chi connectivity index (χ2v) is 3.97. The molecule has 2 heteroatoms. The van der Waals surface area contributed by atoms with Crippen LogP contribution in [0.15, 0.2) is 18.2 Å². The van der Waals surface area contributed by atoms with Gasteiger partial charge in [0.15, 0.2) is 0 Å². The zero-order valence-corrected chi connectivity index (χ0v) is 9.04. The number of hydrogen-bond acceptors (Lipinski definition) is 2. The SMILES string of the molecule is CCC(C)(CC)c1cc(O)ccc1O. The van der Waals surface area contributed by atoms with Crippen molar-refractivity contribution in [2.45, 2.75) is 39.0 Å². The van der Waals surface area contributed by atoms with Crippen LogP contribution in [0.3, 0.4) is 0 Å². The molecular weight excluding hydrogens is 176 g/mol. The molecule has 0 saturated heterocycles. The largest absolute Gasteiger partial charge is 0.508 e. The summed E-state index contributed by atoms with van der Waals surface area (Å²) in [6.07, 6.45) is 1.89. The first-order valence-electron chi connectivity index (χ1n) is 5.06. The van der Waals surface area contributed by atoms with Gasteiger partial charge in [-0.1, -0.05) is 20.8 Å². The lowest BCUT2D eigenvalue weighted by Crippen LogP contribution is -2.19. The van der Waals surface area contributed by atoms with Gasteiger partial charge in [-0.25, -0.2) is 0 Å². The molecule has 0 aliphatic rings. The van der Waals surface area contributed by atoms with Gasteiger partial charge in [-0.3, -0.25) is 0 Å². The monoisotopic (exact) mass is 194 g/mol. The molecule has 0 heterocycles. The van der Waals surface area contributed by atoms with E-state index in [1.165, 1.54) is 6.07 Å². The maximum absolute atomic E-state index is 9.72. The second kappa shape index (κ2) is 3.91. The summed E-state index contributed by atoms with van der Waals surface area (Å²) in [5, 5.41) is 19.1. The minimum atomic E-state index is -0.0528. The Balaban J connectivity index is 3.22. The molecule has 2 N–H and O–H groups in total. The third-order valence-corrected chi connectivity index (χ3v) is 3.19. The molecule has 1 rings (SSSR count). The van der Waals surface area contributed by atoms with Gasteiger partial charge in [-0.15, -0.1) is 0 Å². The van der Waals surface area contributed by atoms with Gasteiger partial charge in [-0.05, 0) is 36.5 Å². The van der Waals surface area contributed by atoms with E-state index in [9.17, 15) is 10.2 Å². The molecule has 0 unspecified atom stereocenters. The molecule has 0 bridgehead atoms. The van der Waals surface area contributed by atoms with E-state index in [0.29, 0.717) is 0 Å². The average molecular weight is 194 g/mol. The van der Waals surface area contributed by atoms with Crippen LogP contribution in [-0.2, 0) is 5.41 Å². The molecule has 14 heavy (non-hydrogen) atoms. The third-order valence-electron chi connectivity index (χ3n) is 3.19. The lowest BCUT2D eigenvalue weighted by molar-refractivity contribution is 0.392. The number of rotatable bonds is 3. The van der Waals surface area contributed by atoms with E-state index in [-0.39, 0.29) is 16.9 Å². The Bertz CT molecular complexity index is 314. The second-order valence-electron chi connectivity index (χ2n) is 3.97. The molecule has 0 amide bonds. The summed E-state index contributed by atoms with van der Waals surface area (Å²) in [6.45, 7) is 6.28. The molecule has 1 aromatic carbocycles. The predicted octanol–water partition coefficient (Wildman–Crippen LogP) is 3.18. The third kappa shape index (κ3) is 1.84. The van der Waals surface area contributed by atoms with Crippen molar-refractivity contribution in [2.24, 2.45) is 0 Å². The van der Waals surface area contributed by atoms with Crippen molar-refractivity contribution in [3.05, 3.63) is 23.8 Å². The maximum Gasteiger partial charge on any atom is 0.119 e. The number of hydrogen-bond donors (Lipinski definition) is 2. The van der Waals surface area contributed by atoms with Crippen molar-refractivity contribution in [1.29, 1.82) is 0 Å². The van der Waals surface area contributed by atoms with Crippen molar-refractivity contribution >= 4 is 0 Å². The maximum atomic E-state index is 9.72. The summed E-state index contributed by atoms with van der Waals surface area (Å²) >= 11 is 0. The average Bonchev–Trinajstić information content (AvgIpc) is 2.20. The van der Waals surface area contributed by atoms with Crippen LogP contribution in [0.5, 0.6) is 11.5 Å². The lowest BCUT2D eigenvalue weighted by Gasteiger charge is -2.28. The Morgan fingerprint density at radius 3 is 2.21 bits per heavy atom. The van der Waals surface area contributed by atoms with Crippen LogP contribution in [0.4, 0.5) is 0 Å². The molecule has 1 aromatic rings. The summed E-state index contributed by atoms with van der Waals surface area (Å²) in [6, 6.07) is 4.71. The Kier molecular flexibility index (Phi) is 3.04. The summed E-state index contributed by atoms with van der Waals surface area (Å²) in [7, 11) is 0. The zero-order chi connectivity index (χ0) is 10.8. The van der Waals surface area contributed by atoms with Gasteiger partial charge in [0.1, 0.15) is 11.5 Å². The minimum absolute atomic E-state index is 0.0528. The highest BCUT2D eigenvalue weighted by molar-refractivity contribution is 5.43. The van der Waals surface area contributed by atoms with E-state index in [0.717, 1.165) is 18.4 Å². The summed E-state index contributed by atoms with van der Waals surface area (Å²) in [4.78, 5) is 0. The fourth-order valence-corrected chi connectivity index (χ4v) is 1.64.